The standard InChI is InChI=1S/C16H15N5S2/c1-8-9(2)22-16-13(8)15(19-7-20-16)21-4-3-10-11(5-17)14(18)23-12(10)6-21/h7H,3-4,6,18H2,1-2H3. The highest BCUT2D eigenvalue weighted by atomic mass is 32.1. The highest BCUT2D eigenvalue weighted by Gasteiger charge is 2.26. The predicted octanol–water partition coefficient (Wildman–Crippen LogP) is 3.39. The first-order chi connectivity index (χ1) is 11.1. The van der Waals surface area contributed by atoms with Crippen LogP contribution in [0.5, 0.6) is 0 Å². The van der Waals surface area contributed by atoms with Gasteiger partial charge in [-0.3, -0.25) is 0 Å². The first-order valence-corrected chi connectivity index (χ1v) is 8.99. The van der Waals surface area contributed by atoms with Gasteiger partial charge in [0.2, 0.25) is 0 Å². The molecule has 0 spiro atoms. The fraction of sp³-hybridized carbons (Fsp3) is 0.312. The van der Waals surface area contributed by atoms with Crippen LogP contribution in [0.15, 0.2) is 6.33 Å². The number of rotatable bonds is 1. The van der Waals surface area contributed by atoms with Crippen molar-refractivity contribution < 1.29 is 0 Å². The van der Waals surface area contributed by atoms with Crippen LogP contribution < -0.4 is 10.6 Å². The fourth-order valence-electron chi connectivity index (χ4n) is 3.13. The molecule has 0 fully saturated rings. The van der Waals surface area contributed by atoms with Crippen LogP contribution in [0.4, 0.5) is 10.8 Å². The van der Waals surface area contributed by atoms with Crippen molar-refractivity contribution in [3.8, 4) is 6.07 Å². The number of nitrogens with zero attached hydrogens (tertiary/aromatic N) is 4. The summed E-state index contributed by atoms with van der Waals surface area (Å²) < 4.78 is 0. The minimum absolute atomic E-state index is 0.634. The highest BCUT2D eigenvalue weighted by molar-refractivity contribution is 7.18. The third kappa shape index (κ3) is 2.10. The van der Waals surface area contributed by atoms with Crippen molar-refractivity contribution >= 4 is 43.7 Å². The SMILES string of the molecule is Cc1sc2ncnc(N3CCc4c(sc(N)c4C#N)C3)c2c1C. The van der Waals surface area contributed by atoms with Crippen LogP contribution in [0.25, 0.3) is 10.2 Å². The Bertz CT molecular complexity index is 963. The lowest BCUT2D eigenvalue weighted by atomic mass is 10.0. The molecule has 0 saturated carbocycles. The van der Waals surface area contributed by atoms with Gasteiger partial charge in [0.25, 0.3) is 0 Å². The number of aryl methyl sites for hydroxylation is 2. The van der Waals surface area contributed by atoms with E-state index in [1.54, 1.807) is 17.7 Å². The van der Waals surface area contributed by atoms with E-state index in [9.17, 15) is 5.26 Å². The van der Waals surface area contributed by atoms with Gasteiger partial charge in [0.05, 0.1) is 17.5 Å². The van der Waals surface area contributed by atoms with Gasteiger partial charge in [0.15, 0.2) is 0 Å². The van der Waals surface area contributed by atoms with E-state index in [0.29, 0.717) is 10.6 Å². The number of nitriles is 1. The predicted molar refractivity (Wildman–Crippen MR) is 95.1 cm³/mol. The minimum atomic E-state index is 0.634. The molecular weight excluding hydrogens is 326 g/mol. The molecule has 116 valence electrons. The Hall–Kier alpha value is -2.17. The molecule has 3 aromatic heterocycles. The van der Waals surface area contributed by atoms with Crippen LogP contribution in [-0.2, 0) is 13.0 Å². The Balaban J connectivity index is 1.80. The van der Waals surface area contributed by atoms with E-state index in [1.165, 1.54) is 26.7 Å². The summed E-state index contributed by atoms with van der Waals surface area (Å²) in [5.74, 6) is 0.993. The average molecular weight is 341 g/mol. The van der Waals surface area contributed by atoms with Gasteiger partial charge in [-0.05, 0) is 31.4 Å². The first kappa shape index (κ1) is 14.4. The smallest absolute Gasteiger partial charge is 0.141 e. The molecule has 3 aromatic rings. The summed E-state index contributed by atoms with van der Waals surface area (Å²) >= 11 is 3.24. The monoisotopic (exact) mass is 341 g/mol. The number of fused-ring (bicyclic) bond motifs is 2. The number of hydrogen-bond acceptors (Lipinski definition) is 7. The van der Waals surface area contributed by atoms with Crippen molar-refractivity contribution in [2.24, 2.45) is 0 Å². The number of nitrogens with two attached hydrogens (primary N) is 1. The molecular formula is C16H15N5S2. The second-order valence-corrected chi connectivity index (χ2v) is 8.03. The Morgan fingerprint density at radius 1 is 1.30 bits per heavy atom. The maximum atomic E-state index is 9.27. The topological polar surface area (TPSA) is 78.8 Å². The van der Waals surface area contributed by atoms with E-state index in [4.69, 9.17) is 5.73 Å². The van der Waals surface area contributed by atoms with Crippen LogP contribution in [0, 0.1) is 25.2 Å². The number of aromatic nitrogens is 2. The van der Waals surface area contributed by atoms with Crippen LogP contribution in [0.3, 0.4) is 0 Å². The number of nitrogen functional groups attached to an aromatic ring is 1. The molecule has 7 heteroatoms. The van der Waals surface area contributed by atoms with Gasteiger partial charge in [-0.2, -0.15) is 5.26 Å². The summed E-state index contributed by atoms with van der Waals surface area (Å²) in [4.78, 5) is 14.8. The van der Waals surface area contributed by atoms with Crippen molar-refractivity contribution in [2.45, 2.75) is 26.8 Å². The molecule has 0 atom stereocenters. The molecule has 4 rings (SSSR count). The summed E-state index contributed by atoms with van der Waals surface area (Å²) in [6.45, 7) is 5.86. The summed E-state index contributed by atoms with van der Waals surface area (Å²) in [6.07, 6.45) is 2.48. The molecule has 5 nitrogen and oxygen atoms in total. The molecule has 23 heavy (non-hydrogen) atoms. The Labute approximate surface area is 142 Å². The first-order valence-electron chi connectivity index (χ1n) is 7.36. The third-order valence-corrected chi connectivity index (χ3v) is 6.60. The van der Waals surface area contributed by atoms with E-state index < -0.39 is 0 Å². The van der Waals surface area contributed by atoms with E-state index in [1.807, 2.05) is 0 Å². The van der Waals surface area contributed by atoms with Crippen molar-refractivity contribution in [2.75, 3.05) is 17.2 Å². The highest BCUT2D eigenvalue weighted by Crippen LogP contribution is 2.39. The van der Waals surface area contributed by atoms with Crippen molar-refractivity contribution in [3.05, 3.63) is 32.8 Å². The lowest BCUT2D eigenvalue weighted by Crippen LogP contribution is -2.30. The Morgan fingerprint density at radius 2 is 2.13 bits per heavy atom. The van der Waals surface area contributed by atoms with Gasteiger partial charge >= 0.3 is 0 Å². The Morgan fingerprint density at radius 3 is 2.91 bits per heavy atom. The van der Waals surface area contributed by atoms with E-state index in [0.717, 1.165) is 41.1 Å². The van der Waals surface area contributed by atoms with Crippen LogP contribution >= 0.6 is 22.7 Å². The lowest BCUT2D eigenvalue weighted by molar-refractivity contribution is 0.734. The molecule has 0 aliphatic carbocycles. The number of anilines is 2. The molecule has 0 unspecified atom stereocenters. The molecule has 2 N–H and O–H groups in total. The Kier molecular flexibility index (Phi) is 3.25. The van der Waals surface area contributed by atoms with Crippen molar-refractivity contribution in [3.63, 3.8) is 0 Å². The van der Waals surface area contributed by atoms with Crippen LogP contribution in [0.2, 0.25) is 0 Å². The maximum Gasteiger partial charge on any atom is 0.141 e. The van der Waals surface area contributed by atoms with E-state index in [2.05, 4.69) is 34.8 Å². The molecule has 1 aliphatic heterocycles. The molecule has 0 aromatic carbocycles. The molecule has 0 amide bonds. The normalized spacial score (nSPS) is 14.0. The van der Waals surface area contributed by atoms with E-state index in [-0.39, 0.29) is 0 Å². The van der Waals surface area contributed by atoms with Crippen molar-refractivity contribution in [1.29, 1.82) is 5.26 Å². The zero-order valence-electron chi connectivity index (χ0n) is 12.9. The minimum Gasteiger partial charge on any atom is -0.389 e. The fourth-order valence-corrected chi connectivity index (χ4v) is 5.21. The summed E-state index contributed by atoms with van der Waals surface area (Å²) in [6, 6.07) is 2.24. The molecule has 0 radical (unpaired) electrons. The summed E-state index contributed by atoms with van der Waals surface area (Å²) in [5.41, 5.74) is 9.03. The average Bonchev–Trinajstić information content (AvgIpc) is 3.02. The summed E-state index contributed by atoms with van der Waals surface area (Å²) in [5, 5.41) is 11.1. The molecule has 0 saturated heterocycles. The van der Waals surface area contributed by atoms with Gasteiger partial charge in [-0.15, -0.1) is 22.7 Å². The zero-order chi connectivity index (χ0) is 16.1. The van der Waals surface area contributed by atoms with Gasteiger partial charge in [-0.1, -0.05) is 0 Å². The van der Waals surface area contributed by atoms with Gasteiger partial charge in [0, 0.05) is 16.3 Å². The van der Waals surface area contributed by atoms with E-state index >= 15 is 0 Å². The number of thiophene rings is 2. The number of hydrogen-bond donors (Lipinski definition) is 1. The maximum absolute atomic E-state index is 9.27. The molecule has 0 bridgehead atoms. The zero-order valence-corrected chi connectivity index (χ0v) is 14.5. The largest absolute Gasteiger partial charge is 0.389 e. The second-order valence-electron chi connectivity index (χ2n) is 5.69. The van der Waals surface area contributed by atoms with Crippen molar-refractivity contribution in [1.82, 2.24) is 9.97 Å². The lowest BCUT2D eigenvalue weighted by Gasteiger charge is -2.28. The molecule has 1 aliphatic rings. The van der Waals surface area contributed by atoms with Gasteiger partial charge in [-0.25, -0.2) is 9.97 Å². The third-order valence-electron chi connectivity index (χ3n) is 4.44. The quantitative estimate of drug-likeness (QED) is 0.734. The van der Waals surface area contributed by atoms with Crippen LogP contribution in [0.1, 0.15) is 26.4 Å². The van der Waals surface area contributed by atoms with Gasteiger partial charge < -0.3 is 10.6 Å². The second kappa shape index (κ2) is 5.18. The molecule has 4 heterocycles. The van der Waals surface area contributed by atoms with Gasteiger partial charge in [0.1, 0.15) is 28.0 Å². The summed E-state index contributed by atoms with van der Waals surface area (Å²) in [7, 11) is 0. The van der Waals surface area contributed by atoms with Crippen LogP contribution in [-0.4, -0.2) is 16.5 Å².